The van der Waals surface area contributed by atoms with Crippen molar-refractivity contribution in [2.75, 3.05) is 0 Å². The van der Waals surface area contributed by atoms with Crippen LogP contribution in [-0.2, 0) is 16.0 Å². The number of carboxylic acids is 2. The summed E-state index contributed by atoms with van der Waals surface area (Å²) in [6.45, 7) is 3.84. The first-order chi connectivity index (χ1) is 8.88. The molecule has 0 saturated carbocycles. The normalized spacial score (nSPS) is 12.2. The highest BCUT2D eigenvalue weighted by Crippen LogP contribution is 2.18. The summed E-state index contributed by atoms with van der Waals surface area (Å²) in [5, 5.41) is 17.6. The van der Waals surface area contributed by atoms with Gasteiger partial charge >= 0.3 is 11.9 Å². The predicted octanol–water partition coefficient (Wildman–Crippen LogP) is 2.19. The zero-order valence-corrected chi connectivity index (χ0v) is 11.0. The molecule has 0 radical (unpaired) electrons. The lowest BCUT2D eigenvalue weighted by Gasteiger charge is -2.12. The molecule has 1 rings (SSSR count). The van der Waals surface area contributed by atoms with Gasteiger partial charge in [0.2, 0.25) is 0 Å². The van der Waals surface area contributed by atoms with Gasteiger partial charge in [-0.1, -0.05) is 12.1 Å². The van der Waals surface area contributed by atoms with Crippen LogP contribution in [-0.4, -0.2) is 28.3 Å². The van der Waals surface area contributed by atoms with Gasteiger partial charge in [-0.25, -0.2) is 0 Å². The molecule has 0 amide bonds. The van der Waals surface area contributed by atoms with Crippen LogP contribution in [0.5, 0.6) is 5.75 Å². The summed E-state index contributed by atoms with van der Waals surface area (Å²) in [7, 11) is 0. The summed E-state index contributed by atoms with van der Waals surface area (Å²) in [6, 6.07) is 7.04. The predicted molar refractivity (Wildman–Crippen MR) is 69.3 cm³/mol. The standard InChI is InChI=1S/C14H18O5/c1-9(2)19-12-5-3-10(4-6-12)7-11(14(17)18)8-13(15)16/h3-6,9,11H,7-8H2,1-2H3,(H,15,16)(H,17,18). The molecule has 5 heteroatoms. The van der Waals surface area contributed by atoms with Crippen molar-refractivity contribution in [1.29, 1.82) is 0 Å². The third-order valence-electron chi connectivity index (χ3n) is 2.55. The van der Waals surface area contributed by atoms with E-state index in [1.807, 2.05) is 13.8 Å². The van der Waals surface area contributed by atoms with Gasteiger partial charge in [0.1, 0.15) is 5.75 Å². The van der Waals surface area contributed by atoms with Gasteiger partial charge in [-0.15, -0.1) is 0 Å². The average Bonchev–Trinajstić information content (AvgIpc) is 2.29. The first-order valence-electron chi connectivity index (χ1n) is 6.08. The molecule has 0 aliphatic heterocycles. The number of carboxylic acid groups (broad SMARTS) is 2. The monoisotopic (exact) mass is 266 g/mol. The van der Waals surface area contributed by atoms with Crippen molar-refractivity contribution in [3.05, 3.63) is 29.8 Å². The maximum atomic E-state index is 11.0. The smallest absolute Gasteiger partial charge is 0.307 e. The Hall–Kier alpha value is -2.04. The SMILES string of the molecule is CC(C)Oc1ccc(CC(CC(=O)O)C(=O)O)cc1. The fourth-order valence-electron chi connectivity index (χ4n) is 1.72. The average molecular weight is 266 g/mol. The Morgan fingerprint density at radius 1 is 1.16 bits per heavy atom. The summed E-state index contributed by atoms with van der Waals surface area (Å²) in [4.78, 5) is 21.6. The minimum Gasteiger partial charge on any atom is -0.491 e. The molecule has 5 nitrogen and oxygen atoms in total. The maximum absolute atomic E-state index is 11.0. The van der Waals surface area contributed by atoms with E-state index in [0.29, 0.717) is 5.75 Å². The van der Waals surface area contributed by atoms with Crippen molar-refractivity contribution >= 4 is 11.9 Å². The van der Waals surface area contributed by atoms with Gasteiger partial charge in [0, 0.05) is 0 Å². The van der Waals surface area contributed by atoms with Crippen molar-refractivity contribution in [2.45, 2.75) is 32.8 Å². The molecule has 0 aliphatic rings. The van der Waals surface area contributed by atoms with E-state index >= 15 is 0 Å². The van der Waals surface area contributed by atoms with E-state index in [0.717, 1.165) is 5.56 Å². The Morgan fingerprint density at radius 3 is 2.16 bits per heavy atom. The number of aliphatic carboxylic acids is 2. The van der Waals surface area contributed by atoms with Crippen molar-refractivity contribution in [2.24, 2.45) is 5.92 Å². The van der Waals surface area contributed by atoms with E-state index in [-0.39, 0.29) is 18.9 Å². The van der Waals surface area contributed by atoms with E-state index in [9.17, 15) is 9.59 Å². The van der Waals surface area contributed by atoms with E-state index in [2.05, 4.69) is 0 Å². The highest BCUT2D eigenvalue weighted by Gasteiger charge is 2.21. The molecule has 0 spiro atoms. The van der Waals surface area contributed by atoms with Crippen molar-refractivity contribution in [1.82, 2.24) is 0 Å². The van der Waals surface area contributed by atoms with E-state index in [4.69, 9.17) is 14.9 Å². The molecule has 2 N–H and O–H groups in total. The van der Waals surface area contributed by atoms with Crippen LogP contribution in [0.4, 0.5) is 0 Å². The fraction of sp³-hybridized carbons (Fsp3) is 0.429. The Balaban J connectivity index is 2.69. The molecule has 0 saturated heterocycles. The first-order valence-corrected chi connectivity index (χ1v) is 6.08. The van der Waals surface area contributed by atoms with Gasteiger partial charge in [0.25, 0.3) is 0 Å². The lowest BCUT2D eigenvalue weighted by Crippen LogP contribution is -2.20. The van der Waals surface area contributed by atoms with Crippen LogP contribution in [0.25, 0.3) is 0 Å². The fourth-order valence-corrected chi connectivity index (χ4v) is 1.72. The van der Waals surface area contributed by atoms with Gasteiger partial charge in [0.05, 0.1) is 18.4 Å². The second-order valence-corrected chi connectivity index (χ2v) is 4.65. The first kappa shape index (κ1) is 15.0. The van der Waals surface area contributed by atoms with Gasteiger partial charge < -0.3 is 14.9 Å². The van der Waals surface area contributed by atoms with Gasteiger partial charge in [-0.3, -0.25) is 9.59 Å². The number of rotatable bonds is 7. The van der Waals surface area contributed by atoms with Gasteiger partial charge in [0.15, 0.2) is 0 Å². The molecule has 1 aromatic rings. The number of ether oxygens (including phenoxy) is 1. The minimum absolute atomic E-state index is 0.0737. The number of benzene rings is 1. The molecular formula is C14H18O5. The molecule has 1 aromatic carbocycles. The van der Waals surface area contributed by atoms with Crippen LogP contribution >= 0.6 is 0 Å². The zero-order chi connectivity index (χ0) is 14.4. The van der Waals surface area contributed by atoms with Crippen LogP contribution in [0, 0.1) is 5.92 Å². The molecule has 1 unspecified atom stereocenters. The molecule has 0 heterocycles. The summed E-state index contributed by atoms with van der Waals surface area (Å²) >= 11 is 0. The largest absolute Gasteiger partial charge is 0.491 e. The molecule has 0 bridgehead atoms. The minimum atomic E-state index is -1.10. The summed E-state index contributed by atoms with van der Waals surface area (Å²) < 4.78 is 5.48. The molecule has 0 aliphatic carbocycles. The van der Waals surface area contributed by atoms with Crippen LogP contribution < -0.4 is 4.74 Å². The lowest BCUT2D eigenvalue weighted by molar-refractivity contribution is -0.148. The molecule has 104 valence electrons. The topological polar surface area (TPSA) is 83.8 Å². The second-order valence-electron chi connectivity index (χ2n) is 4.65. The van der Waals surface area contributed by atoms with Crippen molar-refractivity contribution < 1.29 is 24.5 Å². The van der Waals surface area contributed by atoms with Crippen molar-refractivity contribution in [3.8, 4) is 5.75 Å². The summed E-state index contributed by atoms with van der Waals surface area (Å²) in [5.74, 6) is -2.39. The number of hydrogen-bond donors (Lipinski definition) is 2. The molecule has 1 atom stereocenters. The van der Waals surface area contributed by atoms with Crippen LogP contribution in [0.1, 0.15) is 25.8 Å². The maximum Gasteiger partial charge on any atom is 0.307 e. The highest BCUT2D eigenvalue weighted by molar-refractivity contribution is 5.78. The lowest BCUT2D eigenvalue weighted by atomic mass is 9.96. The highest BCUT2D eigenvalue weighted by atomic mass is 16.5. The van der Waals surface area contributed by atoms with Crippen LogP contribution in [0.15, 0.2) is 24.3 Å². The molecular weight excluding hydrogens is 248 g/mol. The molecule has 19 heavy (non-hydrogen) atoms. The number of carbonyl (C=O) groups is 2. The second kappa shape index (κ2) is 6.78. The number of hydrogen-bond acceptors (Lipinski definition) is 3. The Morgan fingerprint density at radius 2 is 1.74 bits per heavy atom. The van der Waals surface area contributed by atoms with Gasteiger partial charge in [-0.2, -0.15) is 0 Å². The Labute approximate surface area is 111 Å². The molecule has 0 fully saturated rings. The summed E-state index contributed by atoms with van der Waals surface area (Å²) in [5.41, 5.74) is 0.782. The molecule has 0 aromatic heterocycles. The van der Waals surface area contributed by atoms with E-state index in [1.165, 1.54) is 0 Å². The third kappa shape index (κ3) is 5.42. The van der Waals surface area contributed by atoms with E-state index < -0.39 is 17.9 Å². The summed E-state index contributed by atoms with van der Waals surface area (Å²) in [6.07, 6.45) is -0.104. The van der Waals surface area contributed by atoms with Crippen LogP contribution in [0.2, 0.25) is 0 Å². The van der Waals surface area contributed by atoms with Crippen molar-refractivity contribution in [3.63, 3.8) is 0 Å². The Kier molecular flexibility index (Phi) is 5.36. The zero-order valence-electron chi connectivity index (χ0n) is 11.0. The van der Waals surface area contributed by atoms with Crippen LogP contribution in [0.3, 0.4) is 0 Å². The quantitative estimate of drug-likeness (QED) is 0.790. The Bertz CT molecular complexity index is 436. The third-order valence-corrected chi connectivity index (χ3v) is 2.55. The van der Waals surface area contributed by atoms with Gasteiger partial charge in [-0.05, 0) is 38.0 Å². The van der Waals surface area contributed by atoms with E-state index in [1.54, 1.807) is 24.3 Å².